The Kier molecular flexibility index (Phi) is 4.65. The summed E-state index contributed by atoms with van der Waals surface area (Å²) in [4.78, 5) is 24.0. The van der Waals surface area contributed by atoms with Crippen LogP contribution in [0.15, 0.2) is 48.5 Å². The van der Waals surface area contributed by atoms with Gasteiger partial charge in [-0.2, -0.15) is 0 Å². The normalized spacial score (nSPS) is 17.0. The molecule has 1 aliphatic heterocycles. The minimum atomic E-state index is -0.137. The molecule has 0 bridgehead atoms. The van der Waals surface area contributed by atoms with Crippen LogP contribution >= 0.6 is 0 Å². The fourth-order valence-electron chi connectivity index (χ4n) is 2.98. The summed E-state index contributed by atoms with van der Waals surface area (Å²) in [7, 11) is 0. The van der Waals surface area contributed by atoms with Crippen molar-refractivity contribution in [1.29, 1.82) is 0 Å². The topological polar surface area (TPSA) is 58.2 Å². The maximum absolute atomic E-state index is 12.5. The van der Waals surface area contributed by atoms with Crippen molar-refractivity contribution < 1.29 is 9.59 Å². The van der Waals surface area contributed by atoms with E-state index in [-0.39, 0.29) is 17.9 Å². The largest absolute Gasteiger partial charge is 0.349 e. The van der Waals surface area contributed by atoms with Crippen molar-refractivity contribution in [2.45, 2.75) is 38.6 Å². The second kappa shape index (κ2) is 6.87. The van der Waals surface area contributed by atoms with Gasteiger partial charge in [0.25, 0.3) is 5.91 Å². The average Bonchev–Trinajstić information content (AvgIpc) is 3.01. The molecule has 1 saturated heterocycles. The zero-order chi connectivity index (χ0) is 17.1. The zero-order valence-electron chi connectivity index (χ0n) is 14.0. The molecule has 1 unspecified atom stereocenters. The molecule has 4 heteroatoms. The Hall–Kier alpha value is -2.62. The molecule has 1 heterocycles. The molecule has 0 aromatic heterocycles. The first-order chi connectivity index (χ1) is 11.5. The third-order valence-electron chi connectivity index (χ3n) is 4.42. The number of para-hydroxylation sites is 1. The quantitative estimate of drug-likeness (QED) is 0.893. The second-order valence-electron chi connectivity index (χ2n) is 6.48. The van der Waals surface area contributed by atoms with Gasteiger partial charge in [-0.1, -0.05) is 44.2 Å². The molecule has 2 amide bonds. The molecule has 1 atom stereocenters. The minimum Gasteiger partial charge on any atom is -0.349 e. The molecule has 1 fully saturated rings. The van der Waals surface area contributed by atoms with Crippen molar-refractivity contribution >= 4 is 17.5 Å². The fourth-order valence-corrected chi connectivity index (χ4v) is 2.98. The zero-order valence-corrected chi connectivity index (χ0v) is 14.0. The predicted octanol–water partition coefficient (Wildman–Crippen LogP) is 4.01. The molecule has 124 valence electrons. The maximum Gasteiger partial charge on any atom is 0.255 e. The summed E-state index contributed by atoms with van der Waals surface area (Å²) in [5.41, 5.74) is 3.54. The number of benzene rings is 2. The third-order valence-corrected chi connectivity index (χ3v) is 4.42. The number of carbonyl (C=O) groups excluding carboxylic acids is 2. The molecular formula is C20H22N2O2. The van der Waals surface area contributed by atoms with Gasteiger partial charge in [-0.3, -0.25) is 9.59 Å². The first kappa shape index (κ1) is 16.2. The highest BCUT2D eigenvalue weighted by atomic mass is 16.2. The highest BCUT2D eigenvalue weighted by Crippen LogP contribution is 2.30. The van der Waals surface area contributed by atoms with E-state index in [0.29, 0.717) is 17.9 Å². The van der Waals surface area contributed by atoms with E-state index in [9.17, 15) is 9.59 Å². The number of rotatable bonds is 4. The predicted molar refractivity (Wildman–Crippen MR) is 95.0 cm³/mol. The van der Waals surface area contributed by atoms with Crippen LogP contribution in [0.4, 0.5) is 5.69 Å². The summed E-state index contributed by atoms with van der Waals surface area (Å²) >= 11 is 0. The van der Waals surface area contributed by atoms with Crippen LogP contribution in [-0.4, -0.2) is 11.8 Å². The van der Waals surface area contributed by atoms with Crippen LogP contribution in [0.5, 0.6) is 0 Å². The number of amides is 2. The Morgan fingerprint density at radius 3 is 2.46 bits per heavy atom. The monoisotopic (exact) mass is 322 g/mol. The van der Waals surface area contributed by atoms with Gasteiger partial charge in [0, 0.05) is 17.7 Å². The lowest BCUT2D eigenvalue weighted by Gasteiger charge is -2.16. The van der Waals surface area contributed by atoms with E-state index in [1.54, 1.807) is 0 Å². The lowest BCUT2D eigenvalue weighted by Crippen LogP contribution is -2.20. The smallest absolute Gasteiger partial charge is 0.255 e. The molecule has 24 heavy (non-hydrogen) atoms. The molecule has 0 radical (unpaired) electrons. The van der Waals surface area contributed by atoms with E-state index in [1.807, 2.05) is 48.5 Å². The van der Waals surface area contributed by atoms with E-state index in [4.69, 9.17) is 0 Å². The summed E-state index contributed by atoms with van der Waals surface area (Å²) < 4.78 is 0. The van der Waals surface area contributed by atoms with Gasteiger partial charge in [0.15, 0.2) is 0 Å². The summed E-state index contributed by atoms with van der Waals surface area (Å²) in [6.45, 7) is 4.25. The van der Waals surface area contributed by atoms with Crippen molar-refractivity contribution in [2.24, 2.45) is 0 Å². The third kappa shape index (κ3) is 3.48. The van der Waals surface area contributed by atoms with E-state index in [1.165, 1.54) is 5.56 Å². The summed E-state index contributed by atoms with van der Waals surface area (Å²) in [6.07, 6.45) is 1.29. The Bertz CT molecular complexity index is 750. The van der Waals surface area contributed by atoms with Crippen LogP contribution in [0.1, 0.15) is 60.1 Å². The van der Waals surface area contributed by atoms with Crippen LogP contribution in [-0.2, 0) is 4.79 Å². The van der Waals surface area contributed by atoms with E-state index >= 15 is 0 Å². The van der Waals surface area contributed by atoms with Gasteiger partial charge in [-0.15, -0.1) is 0 Å². The first-order valence-electron chi connectivity index (χ1n) is 8.34. The lowest BCUT2D eigenvalue weighted by atomic mass is 10.0. The van der Waals surface area contributed by atoms with Crippen molar-refractivity contribution in [3.05, 3.63) is 65.2 Å². The van der Waals surface area contributed by atoms with Gasteiger partial charge >= 0.3 is 0 Å². The Morgan fingerprint density at radius 2 is 1.83 bits per heavy atom. The van der Waals surface area contributed by atoms with Crippen LogP contribution in [0.25, 0.3) is 0 Å². The average molecular weight is 322 g/mol. The standard InChI is InChI=1S/C20H22N2O2/c1-13(2)14-7-9-15(10-8-14)20(24)22-17-6-4-3-5-16(17)18-11-12-19(23)21-18/h3-10,13,18H,11-12H2,1-2H3,(H,21,23)(H,22,24). The van der Waals surface area contributed by atoms with Crippen LogP contribution < -0.4 is 10.6 Å². The maximum atomic E-state index is 12.5. The molecule has 1 aliphatic rings. The Balaban J connectivity index is 1.78. The van der Waals surface area contributed by atoms with Crippen molar-refractivity contribution in [2.75, 3.05) is 5.32 Å². The van der Waals surface area contributed by atoms with Crippen LogP contribution in [0, 0.1) is 0 Å². The van der Waals surface area contributed by atoms with Gasteiger partial charge in [0.05, 0.1) is 6.04 Å². The molecule has 0 aliphatic carbocycles. The Labute approximate surface area is 142 Å². The molecular weight excluding hydrogens is 300 g/mol. The Morgan fingerprint density at radius 1 is 1.12 bits per heavy atom. The summed E-state index contributed by atoms with van der Waals surface area (Å²) in [6, 6.07) is 15.3. The molecule has 0 saturated carbocycles. The van der Waals surface area contributed by atoms with Crippen LogP contribution in [0.3, 0.4) is 0 Å². The number of nitrogens with one attached hydrogen (secondary N) is 2. The van der Waals surface area contributed by atoms with E-state index in [0.717, 1.165) is 17.7 Å². The highest BCUT2D eigenvalue weighted by Gasteiger charge is 2.24. The summed E-state index contributed by atoms with van der Waals surface area (Å²) in [5.74, 6) is 0.362. The number of carbonyl (C=O) groups is 2. The van der Waals surface area contributed by atoms with Gasteiger partial charge < -0.3 is 10.6 Å². The van der Waals surface area contributed by atoms with Gasteiger partial charge in [0.2, 0.25) is 5.91 Å². The van der Waals surface area contributed by atoms with Gasteiger partial charge in [-0.05, 0) is 41.7 Å². The minimum absolute atomic E-state index is 0.0303. The van der Waals surface area contributed by atoms with Crippen molar-refractivity contribution in [3.8, 4) is 0 Å². The molecule has 2 aromatic rings. The fraction of sp³-hybridized carbons (Fsp3) is 0.300. The van der Waals surface area contributed by atoms with E-state index < -0.39 is 0 Å². The number of hydrogen-bond donors (Lipinski definition) is 2. The SMILES string of the molecule is CC(C)c1ccc(C(=O)Nc2ccccc2C2CCC(=O)N2)cc1. The van der Waals surface area contributed by atoms with Gasteiger partial charge in [-0.25, -0.2) is 0 Å². The lowest BCUT2D eigenvalue weighted by molar-refractivity contribution is -0.119. The van der Waals surface area contributed by atoms with Crippen LogP contribution in [0.2, 0.25) is 0 Å². The van der Waals surface area contributed by atoms with E-state index in [2.05, 4.69) is 24.5 Å². The molecule has 2 aromatic carbocycles. The van der Waals surface area contributed by atoms with Crippen molar-refractivity contribution in [1.82, 2.24) is 5.32 Å². The summed E-state index contributed by atoms with van der Waals surface area (Å²) in [5, 5.41) is 5.93. The molecule has 4 nitrogen and oxygen atoms in total. The molecule has 3 rings (SSSR count). The highest BCUT2D eigenvalue weighted by molar-refractivity contribution is 6.04. The number of hydrogen-bond acceptors (Lipinski definition) is 2. The first-order valence-corrected chi connectivity index (χ1v) is 8.34. The second-order valence-corrected chi connectivity index (χ2v) is 6.48. The van der Waals surface area contributed by atoms with Crippen molar-refractivity contribution in [3.63, 3.8) is 0 Å². The molecule has 0 spiro atoms. The van der Waals surface area contributed by atoms with Gasteiger partial charge in [0.1, 0.15) is 0 Å². The number of anilines is 1. The molecule has 2 N–H and O–H groups in total.